The van der Waals surface area contributed by atoms with E-state index in [-0.39, 0.29) is 0 Å². The van der Waals surface area contributed by atoms with Crippen LogP contribution in [0.5, 0.6) is 0 Å². The number of carboxylic acid groups (broad SMARTS) is 1. The third kappa shape index (κ3) is 35.7. The molecule has 0 aromatic heterocycles. The molecule has 0 aromatic rings. The first-order chi connectivity index (χ1) is 14.4. The van der Waals surface area contributed by atoms with E-state index in [1.165, 1.54) is 77.0 Å². The summed E-state index contributed by atoms with van der Waals surface area (Å²) in [4.78, 5) is 9.00. The molecule has 0 fully saturated rings. The summed E-state index contributed by atoms with van der Waals surface area (Å²) in [7, 11) is 0.843. The highest BCUT2D eigenvalue weighted by Crippen LogP contribution is 2.39. The van der Waals surface area contributed by atoms with Gasteiger partial charge in [0.2, 0.25) is 0 Å². The molecule has 0 atom stereocenters. The minimum atomic E-state index is -0.833. The van der Waals surface area contributed by atoms with Gasteiger partial charge in [0.25, 0.3) is 5.97 Å². The molecule has 0 aliphatic rings. The normalized spacial score (nSPS) is 10.4. The van der Waals surface area contributed by atoms with E-state index in [2.05, 4.69) is 41.5 Å². The molecule has 0 saturated carbocycles. The van der Waals surface area contributed by atoms with Crippen LogP contribution in [0.2, 0.25) is 0 Å². The molecule has 30 heavy (non-hydrogen) atoms. The van der Waals surface area contributed by atoms with Gasteiger partial charge in [-0.3, -0.25) is 4.79 Å². The molecule has 184 valence electrons. The van der Waals surface area contributed by atoms with E-state index in [9.17, 15) is 0 Å². The summed E-state index contributed by atoms with van der Waals surface area (Å²) in [6, 6.07) is 0. The average Bonchev–Trinajstić information content (AvgIpc) is 2.72. The molecule has 0 aromatic carbocycles. The topological polar surface area (TPSA) is 37.3 Å². The monoisotopic (exact) mass is 464 g/mol. The molecule has 0 aliphatic heterocycles. The first-order valence-electron chi connectivity index (χ1n) is 13.1. The molecular weight excluding hydrogens is 406 g/mol. The van der Waals surface area contributed by atoms with Gasteiger partial charge < -0.3 is 5.11 Å². The van der Waals surface area contributed by atoms with Crippen LogP contribution in [0, 0.1) is 0 Å². The Morgan fingerprint density at radius 1 is 0.500 bits per heavy atom. The van der Waals surface area contributed by atoms with Crippen LogP contribution in [-0.2, 0) is 4.79 Å². The van der Waals surface area contributed by atoms with Crippen LogP contribution >= 0.6 is 15.8 Å². The van der Waals surface area contributed by atoms with Crippen molar-refractivity contribution in [2.75, 3.05) is 37.0 Å². The molecule has 4 heteroatoms. The maximum atomic E-state index is 9.00. The van der Waals surface area contributed by atoms with Gasteiger partial charge in [0.05, 0.1) is 0 Å². The van der Waals surface area contributed by atoms with Crippen molar-refractivity contribution < 1.29 is 9.90 Å². The van der Waals surface area contributed by atoms with E-state index in [1.807, 2.05) is 0 Å². The number of hydrogen-bond donors (Lipinski definition) is 1. The highest BCUT2D eigenvalue weighted by molar-refractivity contribution is 7.57. The van der Waals surface area contributed by atoms with Crippen molar-refractivity contribution >= 4 is 21.8 Å². The van der Waals surface area contributed by atoms with Crippen LogP contribution in [0.15, 0.2) is 0 Å². The Labute approximate surface area is 194 Å². The summed E-state index contributed by atoms with van der Waals surface area (Å²) in [5.74, 6) is -0.833. The van der Waals surface area contributed by atoms with Gasteiger partial charge in [0.15, 0.2) is 0 Å². The maximum absolute atomic E-state index is 9.00. The van der Waals surface area contributed by atoms with Crippen LogP contribution in [0.25, 0.3) is 0 Å². The Morgan fingerprint density at radius 3 is 0.733 bits per heavy atom. The molecule has 0 amide bonds. The van der Waals surface area contributed by atoms with Gasteiger partial charge in [-0.15, -0.1) is 15.8 Å². The van der Waals surface area contributed by atoms with Crippen LogP contribution in [0.3, 0.4) is 0 Å². The van der Waals surface area contributed by atoms with Crippen molar-refractivity contribution in [3.63, 3.8) is 0 Å². The van der Waals surface area contributed by atoms with Gasteiger partial charge in [-0.2, -0.15) is 0 Å². The predicted molar refractivity (Wildman–Crippen MR) is 146 cm³/mol. The second-order valence-electron chi connectivity index (χ2n) is 8.32. The van der Waals surface area contributed by atoms with Crippen LogP contribution in [-0.4, -0.2) is 48.0 Å². The highest BCUT2D eigenvalue weighted by Gasteiger charge is 2.06. The Morgan fingerprint density at radius 2 is 0.633 bits per heavy atom. The van der Waals surface area contributed by atoms with Crippen molar-refractivity contribution in [3.8, 4) is 0 Å². The van der Waals surface area contributed by atoms with E-state index >= 15 is 0 Å². The second kappa shape index (κ2) is 31.5. The van der Waals surface area contributed by atoms with Gasteiger partial charge in [0, 0.05) is 6.92 Å². The second-order valence-corrected chi connectivity index (χ2v) is 13.7. The molecular formula is C26H58O2P2. The quantitative estimate of drug-likeness (QED) is 0.205. The summed E-state index contributed by atoms with van der Waals surface area (Å²) in [5, 5.41) is 7.42. The SMILES string of the molecule is CC(=O)O.CCCCP(CCCC)CCCC.CCCCP(CCCC)CCCC. The van der Waals surface area contributed by atoms with E-state index in [1.54, 1.807) is 37.0 Å². The predicted octanol–water partition coefficient (Wildman–Crippen LogP) is 9.83. The fourth-order valence-electron chi connectivity index (χ4n) is 2.96. The largest absolute Gasteiger partial charge is 0.481 e. The Balaban J connectivity index is -0.000000412. The molecule has 0 spiro atoms. The first-order valence-corrected chi connectivity index (χ1v) is 16.9. The van der Waals surface area contributed by atoms with Gasteiger partial charge in [0.1, 0.15) is 0 Å². The molecule has 0 radical (unpaired) electrons. The zero-order chi connectivity index (χ0) is 23.5. The van der Waals surface area contributed by atoms with Crippen LogP contribution in [0.1, 0.15) is 126 Å². The number of aliphatic carboxylic acids is 1. The number of unbranched alkanes of at least 4 members (excludes halogenated alkanes) is 6. The molecule has 2 nitrogen and oxygen atoms in total. The Hall–Kier alpha value is 0.330. The van der Waals surface area contributed by atoms with Crippen molar-refractivity contribution in [2.24, 2.45) is 0 Å². The van der Waals surface area contributed by atoms with Crippen molar-refractivity contribution in [2.45, 2.75) is 126 Å². The third-order valence-corrected chi connectivity index (χ3v) is 10.7. The maximum Gasteiger partial charge on any atom is 0.300 e. The van der Waals surface area contributed by atoms with Crippen molar-refractivity contribution in [1.29, 1.82) is 0 Å². The van der Waals surface area contributed by atoms with E-state index in [4.69, 9.17) is 9.90 Å². The molecule has 0 aliphatic carbocycles. The summed E-state index contributed by atoms with van der Waals surface area (Å²) in [5.41, 5.74) is 0. The van der Waals surface area contributed by atoms with Gasteiger partial charge >= 0.3 is 0 Å². The lowest BCUT2D eigenvalue weighted by Gasteiger charge is -2.16. The molecule has 0 saturated heterocycles. The summed E-state index contributed by atoms with van der Waals surface area (Å²) < 4.78 is 0. The molecule has 0 rings (SSSR count). The first kappa shape index (κ1) is 34.9. The lowest BCUT2D eigenvalue weighted by Crippen LogP contribution is -1.95. The number of carbonyl (C=O) groups is 1. The zero-order valence-corrected chi connectivity index (χ0v) is 23.8. The average molecular weight is 465 g/mol. The lowest BCUT2D eigenvalue weighted by molar-refractivity contribution is -0.134. The van der Waals surface area contributed by atoms with E-state index < -0.39 is 5.97 Å². The van der Waals surface area contributed by atoms with Gasteiger partial charge in [-0.1, -0.05) is 80.1 Å². The Bertz CT molecular complexity index is 245. The molecule has 0 bridgehead atoms. The fraction of sp³-hybridized carbons (Fsp3) is 0.962. The van der Waals surface area contributed by atoms with E-state index in [0.29, 0.717) is 15.8 Å². The molecule has 0 heterocycles. The Kier molecular flexibility index (Phi) is 36.7. The highest BCUT2D eigenvalue weighted by atomic mass is 31.1. The fourth-order valence-corrected chi connectivity index (χ4v) is 8.88. The standard InChI is InChI=1S/2C12H27P.C2H4O2/c2*1-4-7-10-13(11-8-5-2)12-9-6-3;1-2(3)4/h2*4-12H2,1-3H3;1H3,(H,3,4). The number of carboxylic acids is 1. The molecule has 1 N–H and O–H groups in total. The van der Waals surface area contributed by atoms with Gasteiger partial charge in [-0.05, 0) is 75.5 Å². The smallest absolute Gasteiger partial charge is 0.300 e. The minimum absolute atomic E-state index is 0.422. The van der Waals surface area contributed by atoms with Crippen molar-refractivity contribution in [1.82, 2.24) is 0 Å². The minimum Gasteiger partial charge on any atom is -0.481 e. The number of hydrogen-bond acceptors (Lipinski definition) is 1. The summed E-state index contributed by atoms with van der Waals surface area (Å²) >= 11 is 0. The number of rotatable bonds is 18. The third-order valence-electron chi connectivity index (χ3n) is 4.97. The lowest BCUT2D eigenvalue weighted by atomic mass is 10.4. The van der Waals surface area contributed by atoms with Crippen molar-refractivity contribution in [3.05, 3.63) is 0 Å². The molecule has 0 unspecified atom stereocenters. The van der Waals surface area contributed by atoms with Gasteiger partial charge in [-0.25, -0.2) is 0 Å². The van der Waals surface area contributed by atoms with Crippen LogP contribution < -0.4 is 0 Å². The van der Waals surface area contributed by atoms with E-state index in [0.717, 1.165) is 6.92 Å². The zero-order valence-electron chi connectivity index (χ0n) is 22.0. The summed E-state index contributed by atoms with van der Waals surface area (Å²) in [6.45, 7) is 15.0. The summed E-state index contributed by atoms with van der Waals surface area (Å²) in [6.07, 6.45) is 26.4. The van der Waals surface area contributed by atoms with Crippen LogP contribution in [0.4, 0.5) is 0 Å².